The molecule has 0 amide bonds. The van der Waals surface area contributed by atoms with Gasteiger partial charge in [0, 0.05) is 17.8 Å². The SMILES string of the molecule is C[C@H](CO)Nc1cccc(O)c1.Cl. The van der Waals surface area contributed by atoms with E-state index in [9.17, 15) is 0 Å². The molecule has 3 nitrogen and oxygen atoms in total. The van der Waals surface area contributed by atoms with E-state index in [1.54, 1.807) is 18.2 Å². The van der Waals surface area contributed by atoms with Crippen molar-refractivity contribution >= 4 is 18.1 Å². The number of halogens is 1. The predicted molar refractivity (Wildman–Crippen MR) is 55.5 cm³/mol. The Morgan fingerprint density at radius 1 is 1.46 bits per heavy atom. The Balaban J connectivity index is 0.00000144. The molecule has 0 radical (unpaired) electrons. The van der Waals surface area contributed by atoms with Crippen LogP contribution in [0.5, 0.6) is 5.75 Å². The second kappa shape index (κ2) is 5.67. The lowest BCUT2D eigenvalue weighted by molar-refractivity contribution is 0.281. The summed E-state index contributed by atoms with van der Waals surface area (Å²) >= 11 is 0. The molecule has 0 aliphatic heterocycles. The summed E-state index contributed by atoms with van der Waals surface area (Å²) in [6.07, 6.45) is 0. The van der Waals surface area contributed by atoms with E-state index in [0.717, 1.165) is 5.69 Å². The largest absolute Gasteiger partial charge is 0.508 e. The molecule has 0 aliphatic carbocycles. The van der Waals surface area contributed by atoms with E-state index in [1.807, 2.05) is 13.0 Å². The minimum Gasteiger partial charge on any atom is -0.508 e. The van der Waals surface area contributed by atoms with E-state index >= 15 is 0 Å². The van der Waals surface area contributed by atoms with Crippen LogP contribution < -0.4 is 5.32 Å². The second-order valence-electron chi connectivity index (χ2n) is 2.78. The summed E-state index contributed by atoms with van der Waals surface area (Å²) in [5.41, 5.74) is 0.816. The number of aliphatic hydroxyl groups excluding tert-OH is 1. The van der Waals surface area contributed by atoms with Crippen molar-refractivity contribution in [1.29, 1.82) is 0 Å². The molecule has 1 atom stereocenters. The molecule has 0 fully saturated rings. The lowest BCUT2D eigenvalue weighted by atomic mass is 10.2. The third kappa shape index (κ3) is 4.01. The highest BCUT2D eigenvalue weighted by Gasteiger charge is 1.99. The number of anilines is 1. The third-order valence-electron chi connectivity index (χ3n) is 1.53. The molecule has 0 saturated heterocycles. The monoisotopic (exact) mass is 203 g/mol. The van der Waals surface area contributed by atoms with Crippen LogP contribution >= 0.6 is 12.4 Å². The van der Waals surface area contributed by atoms with Gasteiger partial charge in [-0.05, 0) is 19.1 Å². The van der Waals surface area contributed by atoms with Gasteiger partial charge in [0.15, 0.2) is 0 Å². The van der Waals surface area contributed by atoms with Gasteiger partial charge in [-0.25, -0.2) is 0 Å². The van der Waals surface area contributed by atoms with Crippen LogP contribution in [-0.2, 0) is 0 Å². The number of nitrogens with one attached hydrogen (secondary N) is 1. The van der Waals surface area contributed by atoms with Crippen LogP contribution in [0.1, 0.15) is 6.92 Å². The van der Waals surface area contributed by atoms with Gasteiger partial charge in [-0.15, -0.1) is 12.4 Å². The number of hydrogen-bond donors (Lipinski definition) is 3. The van der Waals surface area contributed by atoms with E-state index < -0.39 is 0 Å². The fourth-order valence-electron chi connectivity index (χ4n) is 0.926. The normalized spacial score (nSPS) is 11.5. The first-order valence-electron chi connectivity index (χ1n) is 3.89. The summed E-state index contributed by atoms with van der Waals surface area (Å²) in [5.74, 6) is 0.227. The lowest BCUT2D eigenvalue weighted by Gasteiger charge is -2.11. The first-order valence-corrected chi connectivity index (χ1v) is 3.89. The molecule has 0 bridgehead atoms. The number of phenols is 1. The number of hydrogen-bond acceptors (Lipinski definition) is 3. The van der Waals surface area contributed by atoms with Crippen LogP contribution in [0.15, 0.2) is 24.3 Å². The van der Waals surface area contributed by atoms with Gasteiger partial charge >= 0.3 is 0 Å². The van der Waals surface area contributed by atoms with Crippen molar-refractivity contribution in [2.75, 3.05) is 11.9 Å². The van der Waals surface area contributed by atoms with Crippen LogP contribution in [0.2, 0.25) is 0 Å². The summed E-state index contributed by atoms with van der Waals surface area (Å²) < 4.78 is 0. The topological polar surface area (TPSA) is 52.5 Å². The quantitative estimate of drug-likeness (QED) is 0.700. The minimum atomic E-state index is 0. The van der Waals surface area contributed by atoms with Gasteiger partial charge in [0.2, 0.25) is 0 Å². The molecule has 13 heavy (non-hydrogen) atoms. The zero-order valence-electron chi connectivity index (χ0n) is 7.40. The molecule has 0 spiro atoms. The van der Waals surface area contributed by atoms with Crippen LogP contribution in [0, 0.1) is 0 Å². The molecule has 4 heteroatoms. The molecule has 0 aliphatic rings. The molecule has 1 rings (SSSR count). The molecular weight excluding hydrogens is 190 g/mol. The molecule has 1 aromatic carbocycles. The predicted octanol–water partition coefficient (Wildman–Crippen LogP) is 1.61. The summed E-state index contributed by atoms with van der Waals surface area (Å²) in [6, 6.07) is 6.82. The number of phenolic OH excluding ortho intramolecular Hbond substituents is 1. The van der Waals surface area contributed by atoms with Crippen LogP contribution in [-0.4, -0.2) is 22.9 Å². The number of aliphatic hydroxyl groups is 1. The van der Waals surface area contributed by atoms with E-state index in [1.165, 1.54) is 0 Å². The first-order chi connectivity index (χ1) is 5.72. The Morgan fingerprint density at radius 2 is 2.15 bits per heavy atom. The average Bonchev–Trinajstić information content (AvgIpc) is 2.04. The van der Waals surface area contributed by atoms with Crippen molar-refractivity contribution in [3.8, 4) is 5.75 Å². The van der Waals surface area contributed by atoms with E-state index in [2.05, 4.69) is 5.32 Å². The molecule has 74 valence electrons. The lowest BCUT2D eigenvalue weighted by Crippen LogP contribution is -2.18. The summed E-state index contributed by atoms with van der Waals surface area (Å²) in [5, 5.41) is 20.9. The maximum Gasteiger partial charge on any atom is 0.117 e. The number of rotatable bonds is 3. The Hall–Kier alpha value is -0.930. The molecule has 0 heterocycles. The highest BCUT2D eigenvalue weighted by Crippen LogP contribution is 2.15. The Morgan fingerprint density at radius 3 is 2.69 bits per heavy atom. The van der Waals surface area contributed by atoms with E-state index in [4.69, 9.17) is 10.2 Å². The smallest absolute Gasteiger partial charge is 0.117 e. The minimum absolute atomic E-state index is 0. The molecule has 0 aromatic heterocycles. The van der Waals surface area contributed by atoms with Crippen molar-refractivity contribution in [3.05, 3.63) is 24.3 Å². The van der Waals surface area contributed by atoms with Gasteiger partial charge in [0.25, 0.3) is 0 Å². The molecule has 0 saturated carbocycles. The van der Waals surface area contributed by atoms with E-state index in [0.29, 0.717) is 0 Å². The van der Waals surface area contributed by atoms with E-state index in [-0.39, 0.29) is 30.8 Å². The van der Waals surface area contributed by atoms with Crippen molar-refractivity contribution in [2.24, 2.45) is 0 Å². The fourth-order valence-corrected chi connectivity index (χ4v) is 0.926. The summed E-state index contributed by atoms with van der Waals surface area (Å²) in [7, 11) is 0. The van der Waals surface area contributed by atoms with Gasteiger partial charge in [0.1, 0.15) is 5.75 Å². The summed E-state index contributed by atoms with van der Waals surface area (Å²) in [4.78, 5) is 0. The molecular formula is C9H14ClNO2. The number of aromatic hydroxyl groups is 1. The Kier molecular flexibility index (Phi) is 5.26. The average molecular weight is 204 g/mol. The molecule has 1 aromatic rings. The van der Waals surface area contributed by atoms with Crippen LogP contribution in [0.3, 0.4) is 0 Å². The van der Waals surface area contributed by atoms with Crippen molar-refractivity contribution in [2.45, 2.75) is 13.0 Å². The maximum atomic E-state index is 9.10. The van der Waals surface area contributed by atoms with Crippen molar-refractivity contribution in [1.82, 2.24) is 0 Å². The maximum absolute atomic E-state index is 9.10. The molecule has 0 unspecified atom stereocenters. The Labute approximate surface area is 83.8 Å². The highest BCUT2D eigenvalue weighted by atomic mass is 35.5. The van der Waals surface area contributed by atoms with Crippen molar-refractivity contribution < 1.29 is 10.2 Å². The zero-order valence-corrected chi connectivity index (χ0v) is 8.21. The van der Waals surface area contributed by atoms with Crippen molar-refractivity contribution in [3.63, 3.8) is 0 Å². The van der Waals surface area contributed by atoms with Gasteiger partial charge in [-0.2, -0.15) is 0 Å². The highest BCUT2D eigenvalue weighted by molar-refractivity contribution is 5.85. The third-order valence-corrected chi connectivity index (χ3v) is 1.53. The summed E-state index contributed by atoms with van der Waals surface area (Å²) in [6.45, 7) is 1.94. The number of benzene rings is 1. The standard InChI is InChI=1S/C9H13NO2.ClH/c1-7(6-11)10-8-3-2-4-9(12)5-8;/h2-5,7,10-12H,6H2,1H3;1H/t7-;/m1./s1. The second-order valence-corrected chi connectivity index (χ2v) is 2.78. The molecule has 3 N–H and O–H groups in total. The van der Waals surface area contributed by atoms with Gasteiger partial charge in [0.05, 0.1) is 6.61 Å². The van der Waals surface area contributed by atoms with Crippen LogP contribution in [0.4, 0.5) is 5.69 Å². The zero-order chi connectivity index (χ0) is 8.97. The first kappa shape index (κ1) is 12.1. The Bertz CT molecular complexity index is 255. The van der Waals surface area contributed by atoms with Gasteiger partial charge in [-0.3, -0.25) is 0 Å². The fraction of sp³-hybridized carbons (Fsp3) is 0.333. The van der Waals surface area contributed by atoms with Crippen LogP contribution in [0.25, 0.3) is 0 Å². The van der Waals surface area contributed by atoms with Gasteiger partial charge in [-0.1, -0.05) is 6.07 Å². The van der Waals surface area contributed by atoms with Gasteiger partial charge < -0.3 is 15.5 Å².